The van der Waals surface area contributed by atoms with Crippen molar-refractivity contribution in [1.29, 1.82) is 0 Å². The number of rotatable bonds is 2. The molecule has 0 bridgehead atoms. The second-order valence-electron chi connectivity index (χ2n) is 7.78. The van der Waals surface area contributed by atoms with Crippen molar-refractivity contribution in [3.8, 4) is 23.0 Å². The number of para-hydroxylation sites is 2. The van der Waals surface area contributed by atoms with Gasteiger partial charge in [0.25, 0.3) is 0 Å². The third-order valence-corrected chi connectivity index (χ3v) is 5.84. The Bertz CT molecular complexity index is 1120. The van der Waals surface area contributed by atoms with Crippen molar-refractivity contribution >= 4 is 23.6 Å². The zero-order valence-corrected chi connectivity index (χ0v) is 17.1. The lowest BCUT2D eigenvalue weighted by molar-refractivity contribution is 0.0596. The number of ether oxygens (including phenoxy) is 3. The van der Waals surface area contributed by atoms with Crippen LogP contribution >= 0.6 is 0 Å². The molecule has 1 fully saturated rings. The molecule has 2 aromatic rings. The van der Waals surface area contributed by atoms with E-state index in [0.29, 0.717) is 28.7 Å². The molecule has 3 aliphatic rings. The summed E-state index contributed by atoms with van der Waals surface area (Å²) in [5.41, 5.74) is 12.5. The highest BCUT2D eigenvalue weighted by Gasteiger charge is 2.43. The first kappa shape index (κ1) is 19.2. The van der Waals surface area contributed by atoms with Gasteiger partial charge in [-0.15, -0.1) is 0 Å². The number of hydrogen-bond donors (Lipinski definition) is 2. The van der Waals surface area contributed by atoms with Gasteiger partial charge in [-0.05, 0) is 43.9 Å². The molecule has 0 amide bonds. The first-order chi connectivity index (χ1) is 15.0. The number of anilines is 1. The SMILES string of the molecule is COC(=O)c1cc(N2C(N)=NC(N)=NC23CCCCC3)cc2c1Oc1ccccc1O2. The van der Waals surface area contributed by atoms with Gasteiger partial charge in [-0.1, -0.05) is 18.6 Å². The van der Waals surface area contributed by atoms with Crippen molar-refractivity contribution in [3.05, 3.63) is 42.0 Å². The highest BCUT2D eigenvalue weighted by molar-refractivity contribution is 6.06. The molecule has 1 aliphatic carbocycles. The standard InChI is InChI=1S/C22H23N5O4/c1-29-19(28)14-11-13(12-17-18(14)31-16-8-4-3-7-15(16)30-17)27-21(24)25-20(23)26-22(27)9-5-2-6-10-22/h3-4,7-8,11-12H,2,5-6,9-10H2,1H3,(H4,23,24,25,26). The summed E-state index contributed by atoms with van der Waals surface area (Å²) < 4.78 is 17.1. The maximum atomic E-state index is 12.6. The molecule has 0 atom stereocenters. The van der Waals surface area contributed by atoms with Gasteiger partial charge in [-0.3, -0.25) is 4.90 Å². The van der Waals surface area contributed by atoms with E-state index in [0.717, 1.165) is 32.1 Å². The van der Waals surface area contributed by atoms with Crippen LogP contribution < -0.4 is 25.8 Å². The second kappa shape index (κ2) is 7.19. The van der Waals surface area contributed by atoms with E-state index in [-0.39, 0.29) is 17.5 Å². The van der Waals surface area contributed by atoms with Gasteiger partial charge in [0.1, 0.15) is 11.2 Å². The Morgan fingerprint density at radius 3 is 2.48 bits per heavy atom. The zero-order valence-electron chi connectivity index (χ0n) is 17.1. The van der Waals surface area contributed by atoms with Gasteiger partial charge in [0.2, 0.25) is 11.9 Å². The van der Waals surface area contributed by atoms with Crippen LogP contribution in [-0.2, 0) is 4.74 Å². The Morgan fingerprint density at radius 1 is 1.06 bits per heavy atom. The molecule has 4 N–H and O–H groups in total. The molecule has 5 rings (SSSR count). The molecule has 2 aliphatic heterocycles. The van der Waals surface area contributed by atoms with Crippen molar-refractivity contribution in [1.82, 2.24) is 0 Å². The van der Waals surface area contributed by atoms with Crippen LogP contribution in [0, 0.1) is 0 Å². The maximum absolute atomic E-state index is 12.6. The lowest BCUT2D eigenvalue weighted by atomic mass is 9.87. The summed E-state index contributed by atoms with van der Waals surface area (Å²) in [6.07, 6.45) is 4.64. The molecule has 0 unspecified atom stereocenters. The number of nitrogens with two attached hydrogens (primary N) is 2. The Labute approximate surface area is 179 Å². The number of carbonyl (C=O) groups is 1. The minimum Gasteiger partial charge on any atom is -0.465 e. The van der Waals surface area contributed by atoms with Crippen LogP contribution in [0.2, 0.25) is 0 Å². The monoisotopic (exact) mass is 421 g/mol. The van der Waals surface area contributed by atoms with Crippen LogP contribution in [-0.4, -0.2) is 30.7 Å². The van der Waals surface area contributed by atoms with Crippen LogP contribution in [0.3, 0.4) is 0 Å². The number of nitrogens with zero attached hydrogens (tertiary/aromatic N) is 3. The average Bonchev–Trinajstić information content (AvgIpc) is 2.76. The lowest BCUT2D eigenvalue weighted by Crippen LogP contribution is -2.58. The minimum absolute atomic E-state index is 0.162. The number of fused-ring (bicyclic) bond motifs is 2. The quantitative estimate of drug-likeness (QED) is 0.607. The van der Waals surface area contributed by atoms with Gasteiger partial charge in [0, 0.05) is 6.07 Å². The average molecular weight is 421 g/mol. The molecule has 9 nitrogen and oxygen atoms in total. The Kier molecular flexibility index (Phi) is 4.46. The predicted molar refractivity (Wildman–Crippen MR) is 116 cm³/mol. The van der Waals surface area contributed by atoms with Crippen molar-refractivity contribution in [2.45, 2.75) is 37.8 Å². The van der Waals surface area contributed by atoms with Gasteiger partial charge in [0.15, 0.2) is 23.0 Å². The van der Waals surface area contributed by atoms with Gasteiger partial charge in [-0.25, -0.2) is 9.79 Å². The van der Waals surface area contributed by atoms with Gasteiger partial charge >= 0.3 is 5.97 Å². The van der Waals surface area contributed by atoms with Crippen LogP contribution in [0.15, 0.2) is 46.4 Å². The van der Waals surface area contributed by atoms with E-state index in [4.69, 9.17) is 25.7 Å². The number of methoxy groups -OCH3 is 1. The number of esters is 1. The lowest BCUT2D eigenvalue weighted by Gasteiger charge is -2.45. The van der Waals surface area contributed by atoms with Crippen molar-refractivity contribution in [3.63, 3.8) is 0 Å². The normalized spacial score (nSPS) is 18.7. The maximum Gasteiger partial charge on any atom is 0.341 e. The smallest absolute Gasteiger partial charge is 0.341 e. The van der Waals surface area contributed by atoms with Crippen LogP contribution in [0.25, 0.3) is 0 Å². The Morgan fingerprint density at radius 2 is 1.77 bits per heavy atom. The number of carbonyl (C=O) groups excluding carboxylic acids is 1. The van der Waals surface area contributed by atoms with Crippen molar-refractivity contribution in [2.75, 3.05) is 12.0 Å². The third-order valence-electron chi connectivity index (χ3n) is 5.84. The molecule has 160 valence electrons. The highest BCUT2D eigenvalue weighted by atomic mass is 16.6. The topological polar surface area (TPSA) is 125 Å². The fourth-order valence-electron chi connectivity index (χ4n) is 4.50. The van der Waals surface area contributed by atoms with E-state index in [1.165, 1.54) is 7.11 Å². The van der Waals surface area contributed by atoms with E-state index in [1.54, 1.807) is 24.3 Å². The summed E-state index contributed by atoms with van der Waals surface area (Å²) in [5.74, 6) is 1.60. The summed E-state index contributed by atoms with van der Waals surface area (Å²) in [5, 5.41) is 0. The molecule has 31 heavy (non-hydrogen) atoms. The Hall–Kier alpha value is -3.75. The van der Waals surface area contributed by atoms with Crippen LogP contribution in [0.1, 0.15) is 42.5 Å². The van der Waals surface area contributed by atoms with E-state index in [9.17, 15) is 4.79 Å². The summed E-state index contributed by atoms with van der Waals surface area (Å²) in [7, 11) is 1.32. The fraction of sp³-hybridized carbons (Fsp3) is 0.318. The highest BCUT2D eigenvalue weighted by Crippen LogP contribution is 2.50. The van der Waals surface area contributed by atoms with E-state index >= 15 is 0 Å². The van der Waals surface area contributed by atoms with E-state index < -0.39 is 11.6 Å². The summed E-state index contributed by atoms with van der Waals surface area (Å²) >= 11 is 0. The third kappa shape index (κ3) is 3.13. The molecule has 9 heteroatoms. The van der Waals surface area contributed by atoms with Crippen LogP contribution in [0.5, 0.6) is 23.0 Å². The first-order valence-electron chi connectivity index (χ1n) is 10.2. The van der Waals surface area contributed by atoms with E-state index in [2.05, 4.69) is 9.98 Å². The molecule has 2 aromatic carbocycles. The minimum atomic E-state index is -0.650. The predicted octanol–water partition coefficient (Wildman–Crippen LogP) is 3.48. The molecule has 1 saturated carbocycles. The van der Waals surface area contributed by atoms with Gasteiger partial charge < -0.3 is 25.7 Å². The molecule has 1 spiro atoms. The zero-order chi connectivity index (χ0) is 21.6. The largest absolute Gasteiger partial charge is 0.465 e. The first-order valence-corrected chi connectivity index (χ1v) is 10.2. The molecule has 0 aromatic heterocycles. The van der Waals surface area contributed by atoms with Crippen LogP contribution in [0.4, 0.5) is 5.69 Å². The molecular formula is C22H23N5O4. The van der Waals surface area contributed by atoms with Crippen molar-refractivity contribution < 1.29 is 19.0 Å². The molecule has 0 radical (unpaired) electrons. The molecular weight excluding hydrogens is 398 g/mol. The van der Waals surface area contributed by atoms with Gasteiger partial charge in [-0.2, -0.15) is 4.99 Å². The molecule has 2 heterocycles. The summed E-state index contributed by atoms with van der Waals surface area (Å²) in [6, 6.07) is 10.7. The summed E-state index contributed by atoms with van der Waals surface area (Å²) in [6.45, 7) is 0. The molecule has 0 saturated heterocycles. The number of hydrogen-bond acceptors (Lipinski definition) is 9. The van der Waals surface area contributed by atoms with Gasteiger partial charge in [0.05, 0.1) is 12.8 Å². The Balaban J connectivity index is 1.66. The van der Waals surface area contributed by atoms with E-state index in [1.807, 2.05) is 17.0 Å². The number of guanidine groups is 2. The number of aliphatic imine (C=N–C) groups is 2. The van der Waals surface area contributed by atoms with Crippen molar-refractivity contribution in [2.24, 2.45) is 21.5 Å². The summed E-state index contributed by atoms with van der Waals surface area (Å²) in [4.78, 5) is 23.4. The number of benzene rings is 2. The fourth-order valence-corrected chi connectivity index (χ4v) is 4.50. The second-order valence-corrected chi connectivity index (χ2v) is 7.78.